The molecular formula is C15H30N2O2S. The fraction of sp³-hybridized carbons (Fsp3) is 1.00. The number of likely N-dealkylation sites (N-methyl/N-ethyl adjacent to an activating group) is 1. The van der Waals surface area contributed by atoms with Crippen molar-refractivity contribution < 1.29 is 8.42 Å². The van der Waals surface area contributed by atoms with Gasteiger partial charge in [0.05, 0.1) is 5.75 Å². The second-order valence-corrected chi connectivity index (χ2v) is 9.45. The van der Waals surface area contributed by atoms with Crippen molar-refractivity contribution in [1.29, 1.82) is 0 Å². The second kappa shape index (κ2) is 5.93. The van der Waals surface area contributed by atoms with Gasteiger partial charge in [0.1, 0.15) is 9.84 Å². The number of hydrogen-bond acceptors (Lipinski definition) is 4. The Bertz CT molecular complexity index is 417. The molecule has 2 aliphatic carbocycles. The number of hydrogen-bond donors (Lipinski definition) is 1. The zero-order valence-electron chi connectivity index (χ0n) is 13.0. The van der Waals surface area contributed by atoms with Gasteiger partial charge in [-0.1, -0.05) is 12.8 Å². The fourth-order valence-corrected chi connectivity index (χ4v) is 4.76. The Morgan fingerprint density at radius 3 is 2.05 bits per heavy atom. The van der Waals surface area contributed by atoms with Gasteiger partial charge in [0.15, 0.2) is 0 Å². The number of nitrogens with two attached hydrogens (primary N) is 1. The molecule has 2 fully saturated rings. The highest BCUT2D eigenvalue weighted by molar-refractivity contribution is 7.90. The highest BCUT2D eigenvalue weighted by atomic mass is 32.2. The first-order valence-electron chi connectivity index (χ1n) is 7.90. The van der Waals surface area contributed by atoms with Crippen LogP contribution in [0.2, 0.25) is 0 Å². The van der Waals surface area contributed by atoms with E-state index in [0.29, 0.717) is 18.5 Å². The molecule has 0 unspecified atom stereocenters. The molecule has 0 radical (unpaired) electrons. The van der Waals surface area contributed by atoms with Crippen molar-refractivity contribution in [2.24, 2.45) is 11.1 Å². The van der Waals surface area contributed by atoms with E-state index in [1.165, 1.54) is 44.8 Å². The minimum absolute atomic E-state index is 0.0263. The molecule has 4 nitrogen and oxygen atoms in total. The molecule has 2 N–H and O–H groups in total. The predicted molar refractivity (Wildman–Crippen MR) is 83.5 cm³/mol. The highest BCUT2D eigenvalue weighted by Gasteiger charge is 2.45. The van der Waals surface area contributed by atoms with E-state index < -0.39 is 9.84 Å². The third-order valence-corrected chi connectivity index (χ3v) is 6.82. The summed E-state index contributed by atoms with van der Waals surface area (Å²) in [5, 5.41) is 0. The zero-order valence-corrected chi connectivity index (χ0v) is 13.8. The Balaban J connectivity index is 1.96. The monoisotopic (exact) mass is 302 g/mol. The molecule has 0 heterocycles. The van der Waals surface area contributed by atoms with Crippen LogP contribution >= 0.6 is 0 Å². The van der Waals surface area contributed by atoms with E-state index in [-0.39, 0.29) is 11.3 Å². The van der Waals surface area contributed by atoms with Crippen LogP contribution in [0.15, 0.2) is 0 Å². The molecule has 2 saturated carbocycles. The Labute approximate surface area is 124 Å². The smallest absolute Gasteiger partial charge is 0.148 e. The molecule has 0 aromatic rings. The van der Waals surface area contributed by atoms with Crippen LogP contribution in [0.5, 0.6) is 0 Å². The van der Waals surface area contributed by atoms with Gasteiger partial charge in [-0.25, -0.2) is 8.42 Å². The molecule has 0 amide bonds. The number of rotatable bonds is 5. The minimum Gasteiger partial charge on any atom is -0.329 e. The molecule has 118 valence electrons. The molecule has 2 rings (SSSR count). The summed E-state index contributed by atoms with van der Waals surface area (Å²) < 4.78 is 22.7. The Kier molecular flexibility index (Phi) is 4.82. The molecule has 0 bridgehead atoms. The lowest BCUT2D eigenvalue weighted by atomic mass is 9.66. The molecule has 0 aromatic carbocycles. The maximum atomic E-state index is 11.4. The number of nitrogens with zero attached hydrogens (tertiary/aromatic N) is 1. The van der Waals surface area contributed by atoms with Crippen molar-refractivity contribution in [1.82, 2.24) is 4.90 Å². The third-order valence-electron chi connectivity index (χ3n) is 5.89. The van der Waals surface area contributed by atoms with Crippen molar-refractivity contribution >= 4 is 9.84 Å². The van der Waals surface area contributed by atoms with Crippen LogP contribution in [-0.4, -0.2) is 51.0 Å². The summed E-state index contributed by atoms with van der Waals surface area (Å²) in [6.45, 7) is 1.24. The molecular weight excluding hydrogens is 272 g/mol. The summed E-state index contributed by atoms with van der Waals surface area (Å²) in [4.78, 5) is 2.22. The average molecular weight is 302 g/mol. The topological polar surface area (TPSA) is 63.4 Å². The van der Waals surface area contributed by atoms with E-state index >= 15 is 0 Å². The lowest BCUT2D eigenvalue weighted by Gasteiger charge is -2.49. The van der Waals surface area contributed by atoms with E-state index in [9.17, 15) is 8.42 Å². The summed E-state index contributed by atoms with van der Waals surface area (Å²) in [5.74, 6) is 0.233. The van der Waals surface area contributed by atoms with Gasteiger partial charge in [-0.15, -0.1) is 0 Å². The first-order chi connectivity index (χ1) is 9.31. The standard InChI is InChI=1S/C15H30N2O2S/c1-17(11-12-20(2,18)19)15(13-16)9-7-14(8-10-15)5-3-4-6-14/h3-13,16H2,1-2H3. The van der Waals surface area contributed by atoms with Crippen LogP contribution in [0.4, 0.5) is 0 Å². The third kappa shape index (κ3) is 3.55. The van der Waals surface area contributed by atoms with Gasteiger partial charge >= 0.3 is 0 Å². The fourth-order valence-electron chi connectivity index (χ4n) is 4.15. The van der Waals surface area contributed by atoms with Crippen molar-refractivity contribution in [2.45, 2.75) is 56.9 Å². The first-order valence-corrected chi connectivity index (χ1v) is 9.96. The van der Waals surface area contributed by atoms with Gasteiger partial charge in [-0.05, 0) is 51.0 Å². The van der Waals surface area contributed by atoms with E-state index in [4.69, 9.17) is 5.73 Å². The van der Waals surface area contributed by atoms with E-state index in [2.05, 4.69) is 4.90 Å². The molecule has 2 aliphatic rings. The summed E-state index contributed by atoms with van der Waals surface area (Å²) in [6.07, 6.45) is 11.7. The molecule has 0 aliphatic heterocycles. The maximum absolute atomic E-state index is 11.4. The van der Waals surface area contributed by atoms with Crippen molar-refractivity contribution in [3.8, 4) is 0 Å². The Hall–Kier alpha value is -0.130. The van der Waals surface area contributed by atoms with Crippen molar-refractivity contribution in [2.75, 3.05) is 32.1 Å². The Morgan fingerprint density at radius 2 is 1.60 bits per heavy atom. The van der Waals surface area contributed by atoms with Crippen molar-refractivity contribution in [3.63, 3.8) is 0 Å². The van der Waals surface area contributed by atoms with Crippen LogP contribution < -0.4 is 5.73 Å². The normalized spacial score (nSPS) is 25.4. The van der Waals surface area contributed by atoms with E-state index in [1.54, 1.807) is 0 Å². The highest BCUT2D eigenvalue weighted by Crippen LogP contribution is 2.52. The molecule has 1 spiro atoms. The first kappa shape index (κ1) is 16.2. The lowest BCUT2D eigenvalue weighted by molar-refractivity contribution is 0.0342. The summed E-state index contributed by atoms with van der Waals surface area (Å²) in [7, 11) is -0.851. The van der Waals surface area contributed by atoms with E-state index in [1.807, 2.05) is 7.05 Å². The quantitative estimate of drug-likeness (QED) is 0.841. The summed E-state index contributed by atoms with van der Waals surface area (Å²) in [5.41, 5.74) is 6.69. The largest absolute Gasteiger partial charge is 0.329 e. The van der Waals surface area contributed by atoms with Gasteiger partial charge in [-0.3, -0.25) is 4.90 Å². The van der Waals surface area contributed by atoms with Crippen LogP contribution in [0.3, 0.4) is 0 Å². The molecule has 0 atom stereocenters. The SMILES string of the molecule is CN(CCS(C)(=O)=O)C1(CN)CCC2(CCCC2)CC1. The summed E-state index contributed by atoms with van der Waals surface area (Å²) >= 11 is 0. The van der Waals surface area contributed by atoms with E-state index in [0.717, 1.165) is 12.8 Å². The van der Waals surface area contributed by atoms with Crippen LogP contribution in [0.1, 0.15) is 51.4 Å². The van der Waals surface area contributed by atoms with Gasteiger partial charge in [0.2, 0.25) is 0 Å². The van der Waals surface area contributed by atoms with Gasteiger partial charge in [0.25, 0.3) is 0 Å². The van der Waals surface area contributed by atoms with Gasteiger partial charge < -0.3 is 5.73 Å². The van der Waals surface area contributed by atoms with Crippen LogP contribution in [-0.2, 0) is 9.84 Å². The second-order valence-electron chi connectivity index (χ2n) is 7.19. The van der Waals surface area contributed by atoms with Crippen LogP contribution in [0.25, 0.3) is 0 Å². The van der Waals surface area contributed by atoms with Crippen molar-refractivity contribution in [3.05, 3.63) is 0 Å². The minimum atomic E-state index is -2.90. The van der Waals surface area contributed by atoms with Gasteiger partial charge in [0, 0.05) is 24.9 Å². The Morgan fingerprint density at radius 1 is 1.05 bits per heavy atom. The maximum Gasteiger partial charge on any atom is 0.148 e. The van der Waals surface area contributed by atoms with Gasteiger partial charge in [-0.2, -0.15) is 0 Å². The summed E-state index contributed by atoms with van der Waals surface area (Å²) in [6, 6.07) is 0. The molecule has 0 aromatic heterocycles. The number of sulfone groups is 1. The molecule has 0 saturated heterocycles. The lowest BCUT2D eigenvalue weighted by Crippen LogP contribution is -2.56. The van der Waals surface area contributed by atoms with Crippen LogP contribution in [0, 0.1) is 5.41 Å². The molecule has 5 heteroatoms. The zero-order chi connectivity index (χ0) is 14.9. The predicted octanol–water partition coefficient (Wildman–Crippen LogP) is 1.79. The molecule has 20 heavy (non-hydrogen) atoms. The average Bonchev–Trinajstić information content (AvgIpc) is 2.85.